The van der Waals surface area contributed by atoms with Crippen molar-refractivity contribution >= 4 is 46.0 Å². The smallest absolute Gasteiger partial charge is 0.319 e. The molecule has 0 atom stereocenters. The normalized spacial score (nSPS) is 13.1. The number of nitrogens with one attached hydrogen (secondary N) is 2. The van der Waals surface area contributed by atoms with Crippen molar-refractivity contribution in [3.63, 3.8) is 0 Å². The summed E-state index contributed by atoms with van der Waals surface area (Å²) in [6.45, 7) is 1.23. The van der Waals surface area contributed by atoms with Crippen LogP contribution in [0.15, 0.2) is 53.2 Å². The Morgan fingerprint density at radius 1 is 1.07 bits per heavy atom. The molecule has 3 aromatic rings. The van der Waals surface area contributed by atoms with Gasteiger partial charge in [0.25, 0.3) is 5.91 Å². The van der Waals surface area contributed by atoms with Gasteiger partial charge in [0, 0.05) is 22.8 Å². The third-order valence-electron chi connectivity index (χ3n) is 4.44. The van der Waals surface area contributed by atoms with Gasteiger partial charge >= 0.3 is 6.03 Å². The van der Waals surface area contributed by atoms with Crippen LogP contribution in [-0.2, 0) is 13.0 Å². The van der Waals surface area contributed by atoms with Crippen LogP contribution in [0, 0.1) is 0 Å². The predicted molar refractivity (Wildman–Crippen MR) is 111 cm³/mol. The highest BCUT2D eigenvalue weighted by atomic mass is 32.1. The summed E-state index contributed by atoms with van der Waals surface area (Å²) in [6, 6.07) is 13.2. The molecule has 138 valence electrons. The average molecular weight is 398 g/mol. The lowest BCUT2D eigenvalue weighted by molar-refractivity contribution is 0.0989. The van der Waals surface area contributed by atoms with E-state index in [1.807, 2.05) is 58.1 Å². The van der Waals surface area contributed by atoms with Crippen molar-refractivity contribution < 1.29 is 9.59 Å². The molecular formula is C20H19N3O2S2. The molecule has 0 saturated heterocycles. The highest BCUT2D eigenvalue weighted by molar-refractivity contribution is 7.12. The van der Waals surface area contributed by atoms with Crippen LogP contribution in [0.4, 0.5) is 16.2 Å². The van der Waals surface area contributed by atoms with Crippen molar-refractivity contribution in [3.8, 4) is 0 Å². The van der Waals surface area contributed by atoms with Gasteiger partial charge in [-0.15, -0.1) is 22.7 Å². The minimum absolute atomic E-state index is 0.0420. The first kappa shape index (κ1) is 17.8. The quantitative estimate of drug-likeness (QED) is 0.669. The van der Waals surface area contributed by atoms with E-state index in [1.54, 1.807) is 11.3 Å². The third-order valence-corrected chi connectivity index (χ3v) is 6.17. The molecule has 7 heteroatoms. The first-order valence-electron chi connectivity index (χ1n) is 8.76. The Morgan fingerprint density at radius 3 is 2.70 bits per heavy atom. The van der Waals surface area contributed by atoms with Crippen molar-refractivity contribution in [3.05, 3.63) is 68.5 Å². The Labute approximate surface area is 165 Å². The van der Waals surface area contributed by atoms with E-state index in [0.29, 0.717) is 6.54 Å². The third kappa shape index (κ3) is 4.04. The van der Waals surface area contributed by atoms with Gasteiger partial charge in [0.2, 0.25) is 0 Å². The van der Waals surface area contributed by atoms with Gasteiger partial charge in [0.05, 0.1) is 11.4 Å². The maximum atomic E-state index is 12.7. The molecule has 0 unspecified atom stereocenters. The number of nitrogens with zero attached hydrogens (tertiary/aromatic N) is 1. The number of aryl methyl sites for hydroxylation is 1. The highest BCUT2D eigenvalue weighted by Gasteiger charge is 2.24. The molecule has 0 radical (unpaired) electrons. The lowest BCUT2D eigenvalue weighted by Crippen LogP contribution is -2.35. The monoisotopic (exact) mass is 397 g/mol. The lowest BCUT2D eigenvalue weighted by atomic mass is 10.0. The van der Waals surface area contributed by atoms with Crippen LogP contribution < -0.4 is 15.5 Å². The second kappa shape index (κ2) is 7.94. The van der Waals surface area contributed by atoms with Crippen LogP contribution in [0.1, 0.15) is 26.5 Å². The van der Waals surface area contributed by atoms with Crippen molar-refractivity contribution in [2.75, 3.05) is 16.8 Å². The summed E-state index contributed by atoms with van der Waals surface area (Å²) in [5.74, 6) is 0.0420. The molecular weight excluding hydrogens is 378 g/mol. The second-order valence-corrected chi connectivity index (χ2v) is 8.25. The lowest BCUT2D eigenvalue weighted by Gasteiger charge is -2.29. The number of carbonyl (C=O) groups is 2. The van der Waals surface area contributed by atoms with Crippen LogP contribution in [0.25, 0.3) is 0 Å². The molecule has 2 N–H and O–H groups in total. The summed E-state index contributed by atoms with van der Waals surface area (Å²) in [4.78, 5) is 28.6. The highest BCUT2D eigenvalue weighted by Crippen LogP contribution is 2.31. The number of fused-ring (bicyclic) bond motifs is 1. The first-order chi connectivity index (χ1) is 13.2. The molecule has 0 spiro atoms. The number of anilines is 2. The van der Waals surface area contributed by atoms with E-state index in [2.05, 4.69) is 10.6 Å². The van der Waals surface area contributed by atoms with E-state index in [4.69, 9.17) is 0 Å². The van der Waals surface area contributed by atoms with Gasteiger partial charge < -0.3 is 15.5 Å². The summed E-state index contributed by atoms with van der Waals surface area (Å²) in [6.07, 6.45) is 1.81. The molecule has 3 heterocycles. The average Bonchev–Trinajstić information content (AvgIpc) is 3.39. The van der Waals surface area contributed by atoms with E-state index in [-0.39, 0.29) is 11.9 Å². The van der Waals surface area contributed by atoms with Gasteiger partial charge in [-0.3, -0.25) is 4.79 Å². The standard InChI is InChI=1S/C20H19N3O2S2/c24-19(18-6-3-11-27-18)23-9-1-4-14-12-15(7-8-17(14)23)22-20(25)21-13-16-5-2-10-26-16/h2-3,5-8,10-12H,1,4,9,13H2,(H2,21,22,25). The number of hydrogen-bond donors (Lipinski definition) is 2. The minimum atomic E-state index is -0.231. The minimum Gasteiger partial charge on any atom is -0.333 e. The van der Waals surface area contributed by atoms with Crippen molar-refractivity contribution in [2.24, 2.45) is 0 Å². The number of urea groups is 1. The van der Waals surface area contributed by atoms with Gasteiger partial charge in [-0.25, -0.2) is 4.79 Å². The van der Waals surface area contributed by atoms with E-state index >= 15 is 0 Å². The zero-order valence-corrected chi connectivity index (χ0v) is 16.2. The summed E-state index contributed by atoms with van der Waals surface area (Å²) >= 11 is 3.07. The van der Waals surface area contributed by atoms with Crippen LogP contribution >= 0.6 is 22.7 Å². The number of rotatable bonds is 4. The number of carbonyl (C=O) groups excluding carboxylic acids is 2. The molecule has 0 fully saturated rings. The maximum absolute atomic E-state index is 12.7. The molecule has 3 amide bonds. The van der Waals surface area contributed by atoms with E-state index in [0.717, 1.165) is 46.1 Å². The number of amides is 3. The van der Waals surface area contributed by atoms with Crippen molar-refractivity contribution in [2.45, 2.75) is 19.4 Å². The van der Waals surface area contributed by atoms with E-state index in [1.165, 1.54) is 11.3 Å². The van der Waals surface area contributed by atoms with Gasteiger partial charge in [0.1, 0.15) is 0 Å². The SMILES string of the molecule is O=C(NCc1cccs1)Nc1ccc2c(c1)CCCN2C(=O)c1cccs1. The molecule has 2 aromatic heterocycles. The van der Waals surface area contributed by atoms with Crippen LogP contribution in [-0.4, -0.2) is 18.5 Å². The van der Waals surface area contributed by atoms with Crippen LogP contribution in [0.5, 0.6) is 0 Å². The number of thiophene rings is 2. The number of benzene rings is 1. The Bertz CT molecular complexity index is 936. The summed E-state index contributed by atoms with van der Waals surface area (Å²) in [7, 11) is 0. The van der Waals surface area contributed by atoms with Crippen LogP contribution in [0.3, 0.4) is 0 Å². The van der Waals surface area contributed by atoms with Gasteiger partial charge in [-0.05, 0) is 59.5 Å². The van der Waals surface area contributed by atoms with Gasteiger partial charge in [-0.2, -0.15) is 0 Å². The summed E-state index contributed by atoms with van der Waals surface area (Å²) < 4.78 is 0. The number of hydrogen-bond acceptors (Lipinski definition) is 4. The van der Waals surface area contributed by atoms with E-state index < -0.39 is 0 Å². The topological polar surface area (TPSA) is 61.4 Å². The molecule has 0 bridgehead atoms. The molecule has 1 aromatic carbocycles. The fraction of sp³-hybridized carbons (Fsp3) is 0.200. The molecule has 1 aliphatic heterocycles. The fourth-order valence-corrected chi connectivity index (χ4v) is 4.49. The second-order valence-electron chi connectivity index (χ2n) is 6.27. The van der Waals surface area contributed by atoms with Crippen LogP contribution in [0.2, 0.25) is 0 Å². The maximum Gasteiger partial charge on any atom is 0.319 e. The zero-order valence-electron chi connectivity index (χ0n) is 14.6. The fourth-order valence-electron chi connectivity index (χ4n) is 3.17. The molecule has 1 aliphatic rings. The Morgan fingerprint density at radius 2 is 1.93 bits per heavy atom. The predicted octanol–water partition coefficient (Wildman–Crippen LogP) is 4.72. The van der Waals surface area contributed by atoms with Gasteiger partial charge in [-0.1, -0.05) is 12.1 Å². The Hall–Kier alpha value is -2.64. The Kier molecular flexibility index (Phi) is 5.22. The summed E-state index contributed by atoms with van der Waals surface area (Å²) in [5.41, 5.74) is 2.76. The molecule has 0 aliphatic carbocycles. The van der Waals surface area contributed by atoms with Crippen molar-refractivity contribution in [1.82, 2.24) is 5.32 Å². The summed E-state index contributed by atoms with van der Waals surface area (Å²) in [5, 5.41) is 9.64. The van der Waals surface area contributed by atoms with E-state index in [9.17, 15) is 9.59 Å². The molecule has 5 nitrogen and oxygen atoms in total. The molecule has 0 saturated carbocycles. The van der Waals surface area contributed by atoms with Gasteiger partial charge in [0.15, 0.2) is 0 Å². The van der Waals surface area contributed by atoms with Crippen molar-refractivity contribution in [1.29, 1.82) is 0 Å². The first-order valence-corrected chi connectivity index (χ1v) is 10.5. The Balaban J connectivity index is 1.45. The molecule has 4 rings (SSSR count). The largest absolute Gasteiger partial charge is 0.333 e. The molecule has 27 heavy (non-hydrogen) atoms. The zero-order chi connectivity index (χ0) is 18.6.